The fourth-order valence-corrected chi connectivity index (χ4v) is 2.42. The molecule has 1 aliphatic rings. The zero-order valence-electron chi connectivity index (χ0n) is 11.6. The second kappa shape index (κ2) is 5.04. The minimum atomic E-state index is -0.852. The van der Waals surface area contributed by atoms with Crippen LogP contribution in [-0.2, 0) is 9.53 Å². The molecule has 5 heteroatoms. The predicted octanol–water partition coefficient (Wildman–Crippen LogP) is 2.17. The van der Waals surface area contributed by atoms with Crippen molar-refractivity contribution in [3.63, 3.8) is 0 Å². The molecule has 0 spiro atoms. The molecule has 108 valence electrons. The SMILES string of the molecule is CC(=O)OC(=O)c1ccc2c(c1)C(=O)c1ccccc1C2=O. The van der Waals surface area contributed by atoms with Crippen molar-refractivity contribution < 1.29 is 23.9 Å². The lowest BCUT2D eigenvalue weighted by Gasteiger charge is -2.17. The Bertz CT molecular complexity index is 848. The fraction of sp³-hybridized carbons (Fsp3) is 0.0588. The summed E-state index contributed by atoms with van der Waals surface area (Å²) in [5.41, 5.74) is 1.08. The summed E-state index contributed by atoms with van der Waals surface area (Å²) in [6.45, 7) is 1.11. The molecule has 0 N–H and O–H groups in total. The molecule has 3 rings (SSSR count). The summed E-state index contributed by atoms with van der Waals surface area (Å²) >= 11 is 0. The van der Waals surface area contributed by atoms with Crippen molar-refractivity contribution >= 4 is 23.5 Å². The lowest BCUT2D eigenvalue weighted by molar-refractivity contribution is -0.135. The Kier molecular flexibility index (Phi) is 3.18. The summed E-state index contributed by atoms with van der Waals surface area (Å²) in [4.78, 5) is 47.4. The van der Waals surface area contributed by atoms with Gasteiger partial charge in [-0.3, -0.25) is 14.4 Å². The molecule has 0 saturated carbocycles. The highest BCUT2D eigenvalue weighted by atomic mass is 16.6. The molecule has 0 saturated heterocycles. The summed E-state index contributed by atoms with van der Waals surface area (Å²) in [5.74, 6) is -2.19. The van der Waals surface area contributed by atoms with Gasteiger partial charge in [0.1, 0.15) is 0 Å². The van der Waals surface area contributed by atoms with Gasteiger partial charge in [0.15, 0.2) is 11.6 Å². The second-order valence-electron chi connectivity index (χ2n) is 4.85. The molecule has 0 heterocycles. The van der Waals surface area contributed by atoms with Gasteiger partial charge in [0.2, 0.25) is 0 Å². The van der Waals surface area contributed by atoms with Gasteiger partial charge in [0, 0.05) is 29.2 Å². The van der Waals surface area contributed by atoms with E-state index in [1.807, 2.05) is 0 Å². The molecule has 1 aliphatic carbocycles. The molecule has 22 heavy (non-hydrogen) atoms. The molecule has 0 bridgehead atoms. The number of hydrogen-bond donors (Lipinski definition) is 0. The minimum Gasteiger partial charge on any atom is -0.390 e. The van der Waals surface area contributed by atoms with Gasteiger partial charge in [-0.2, -0.15) is 0 Å². The maximum atomic E-state index is 12.5. The van der Waals surface area contributed by atoms with Gasteiger partial charge >= 0.3 is 11.9 Å². The van der Waals surface area contributed by atoms with E-state index < -0.39 is 11.9 Å². The van der Waals surface area contributed by atoms with Crippen molar-refractivity contribution in [2.45, 2.75) is 6.92 Å². The first kappa shape index (κ1) is 13.9. The van der Waals surface area contributed by atoms with Crippen molar-refractivity contribution in [2.24, 2.45) is 0 Å². The third-order valence-electron chi connectivity index (χ3n) is 3.40. The number of carbonyl (C=O) groups excluding carboxylic acids is 4. The number of hydrogen-bond acceptors (Lipinski definition) is 5. The monoisotopic (exact) mass is 294 g/mol. The Balaban J connectivity index is 2.10. The molecule has 0 radical (unpaired) electrons. The summed E-state index contributed by atoms with van der Waals surface area (Å²) in [6.07, 6.45) is 0. The summed E-state index contributed by atoms with van der Waals surface area (Å²) < 4.78 is 4.48. The maximum Gasteiger partial charge on any atom is 0.345 e. The van der Waals surface area contributed by atoms with Crippen LogP contribution in [0.4, 0.5) is 0 Å². The van der Waals surface area contributed by atoms with Crippen LogP contribution in [0.5, 0.6) is 0 Å². The van der Waals surface area contributed by atoms with E-state index in [0.717, 1.165) is 6.92 Å². The number of ketones is 2. The van der Waals surface area contributed by atoms with E-state index in [1.165, 1.54) is 18.2 Å². The van der Waals surface area contributed by atoms with E-state index in [4.69, 9.17) is 0 Å². The van der Waals surface area contributed by atoms with Crippen LogP contribution >= 0.6 is 0 Å². The molecular weight excluding hydrogens is 284 g/mol. The minimum absolute atomic E-state index is 0.0504. The number of carbonyl (C=O) groups is 4. The van der Waals surface area contributed by atoms with E-state index in [1.54, 1.807) is 24.3 Å². The van der Waals surface area contributed by atoms with Crippen molar-refractivity contribution in [1.29, 1.82) is 0 Å². The predicted molar refractivity (Wildman–Crippen MR) is 75.8 cm³/mol. The van der Waals surface area contributed by atoms with Crippen LogP contribution < -0.4 is 0 Å². The Hall–Kier alpha value is -3.08. The third-order valence-corrected chi connectivity index (χ3v) is 3.40. The molecule has 0 unspecified atom stereocenters. The Morgan fingerprint density at radius 1 is 0.818 bits per heavy atom. The lowest BCUT2D eigenvalue weighted by Crippen LogP contribution is -2.21. The maximum absolute atomic E-state index is 12.5. The Labute approximate surface area is 125 Å². The van der Waals surface area contributed by atoms with Crippen molar-refractivity contribution in [2.75, 3.05) is 0 Å². The van der Waals surface area contributed by atoms with Crippen LogP contribution in [0.25, 0.3) is 0 Å². The van der Waals surface area contributed by atoms with Gasteiger partial charge in [0.25, 0.3) is 0 Å². The molecule has 2 aromatic carbocycles. The number of esters is 2. The topological polar surface area (TPSA) is 77.5 Å². The largest absolute Gasteiger partial charge is 0.390 e. The molecule has 0 atom stereocenters. The molecule has 0 aromatic heterocycles. The highest BCUT2D eigenvalue weighted by Gasteiger charge is 2.30. The van der Waals surface area contributed by atoms with E-state index in [-0.39, 0.29) is 28.3 Å². The van der Waals surface area contributed by atoms with Crippen molar-refractivity contribution in [3.8, 4) is 0 Å². The Morgan fingerprint density at radius 2 is 1.36 bits per heavy atom. The van der Waals surface area contributed by atoms with Crippen LogP contribution in [0.3, 0.4) is 0 Å². The first-order valence-electron chi connectivity index (χ1n) is 6.54. The quantitative estimate of drug-likeness (QED) is 0.507. The average Bonchev–Trinajstić information content (AvgIpc) is 2.51. The van der Waals surface area contributed by atoms with Crippen LogP contribution in [0, 0.1) is 0 Å². The summed E-state index contributed by atoms with van der Waals surface area (Å²) in [7, 11) is 0. The van der Waals surface area contributed by atoms with Crippen LogP contribution in [0.2, 0.25) is 0 Å². The first-order valence-corrected chi connectivity index (χ1v) is 6.54. The molecule has 0 fully saturated rings. The number of benzene rings is 2. The normalized spacial score (nSPS) is 12.4. The molecular formula is C17H10O5. The highest BCUT2D eigenvalue weighted by molar-refractivity contribution is 6.28. The smallest absolute Gasteiger partial charge is 0.345 e. The zero-order valence-corrected chi connectivity index (χ0v) is 11.6. The van der Waals surface area contributed by atoms with Gasteiger partial charge in [-0.25, -0.2) is 4.79 Å². The average molecular weight is 294 g/mol. The van der Waals surface area contributed by atoms with E-state index in [9.17, 15) is 19.2 Å². The van der Waals surface area contributed by atoms with Gasteiger partial charge < -0.3 is 4.74 Å². The standard InChI is InChI=1S/C17H10O5/c1-9(18)22-17(21)10-6-7-13-14(8-10)16(20)12-5-3-2-4-11(12)15(13)19/h2-8H,1H3. The van der Waals surface area contributed by atoms with E-state index in [2.05, 4.69) is 4.74 Å². The van der Waals surface area contributed by atoms with Gasteiger partial charge in [0.05, 0.1) is 5.56 Å². The van der Waals surface area contributed by atoms with Crippen molar-refractivity contribution in [1.82, 2.24) is 0 Å². The number of fused-ring (bicyclic) bond motifs is 2. The molecule has 0 aliphatic heterocycles. The number of rotatable bonds is 1. The fourth-order valence-electron chi connectivity index (χ4n) is 2.42. The molecule has 5 nitrogen and oxygen atoms in total. The number of ether oxygens (including phenoxy) is 1. The first-order chi connectivity index (χ1) is 10.5. The third kappa shape index (κ3) is 2.13. The van der Waals surface area contributed by atoms with Gasteiger partial charge in [-0.1, -0.05) is 24.3 Å². The van der Waals surface area contributed by atoms with Crippen LogP contribution in [-0.4, -0.2) is 23.5 Å². The van der Waals surface area contributed by atoms with E-state index in [0.29, 0.717) is 11.1 Å². The van der Waals surface area contributed by atoms with Crippen LogP contribution in [0.1, 0.15) is 49.1 Å². The zero-order chi connectivity index (χ0) is 15.9. The van der Waals surface area contributed by atoms with Crippen LogP contribution in [0.15, 0.2) is 42.5 Å². The Morgan fingerprint density at radius 3 is 1.95 bits per heavy atom. The molecule has 0 amide bonds. The van der Waals surface area contributed by atoms with Gasteiger partial charge in [-0.05, 0) is 18.2 Å². The van der Waals surface area contributed by atoms with Gasteiger partial charge in [-0.15, -0.1) is 0 Å². The molecule has 2 aromatic rings. The van der Waals surface area contributed by atoms with E-state index >= 15 is 0 Å². The highest BCUT2D eigenvalue weighted by Crippen LogP contribution is 2.28. The summed E-state index contributed by atoms with van der Waals surface area (Å²) in [6, 6.07) is 10.6. The second-order valence-corrected chi connectivity index (χ2v) is 4.85. The lowest BCUT2D eigenvalue weighted by atomic mass is 9.83. The van der Waals surface area contributed by atoms with Crippen molar-refractivity contribution in [3.05, 3.63) is 70.3 Å². The summed E-state index contributed by atoms with van der Waals surface area (Å²) in [5, 5.41) is 0.